The lowest BCUT2D eigenvalue weighted by atomic mass is 9.77. The van der Waals surface area contributed by atoms with Crippen LogP contribution in [0.4, 0.5) is 0 Å². The summed E-state index contributed by atoms with van der Waals surface area (Å²) >= 11 is 1.77. The third kappa shape index (κ3) is 3.12. The number of thioether (sulfide) groups is 1. The monoisotopic (exact) mass is 250 g/mol. The Kier molecular flexibility index (Phi) is 4.08. The second-order valence-corrected chi connectivity index (χ2v) is 7.31. The second kappa shape index (κ2) is 4.85. The van der Waals surface area contributed by atoms with Gasteiger partial charge in [0.2, 0.25) is 0 Å². The van der Waals surface area contributed by atoms with Crippen molar-refractivity contribution in [3.05, 3.63) is 29.8 Å². The van der Waals surface area contributed by atoms with Gasteiger partial charge in [-0.1, -0.05) is 31.5 Å². The summed E-state index contributed by atoms with van der Waals surface area (Å²) in [4.78, 5) is 13.0. The van der Waals surface area contributed by atoms with Gasteiger partial charge in [-0.05, 0) is 39.8 Å². The van der Waals surface area contributed by atoms with Crippen molar-refractivity contribution in [1.29, 1.82) is 0 Å². The van der Waals surface area contributed by atoms with Crippen molar-refractivity contribution < 1.29 is 4.79 Å². The molecular weight excluding hydrogens is 228 g/mol. The number of carbonyl (C=O) groups is 1. The van der Waals surface area contributed by atoms with Crippen LogP contribution in [0.25, 0.3) is 0 Å². The molecule has 0 aromatic heterocycles. The molecule has 0 heterocycles. The molecule has 1 aromatic rings. The Morgan fingerprint density at radius 3 is 2.24 bits per heavy atom. The molecule has 94 valence electrons. The van der Waals surface area contributed by atoms with E-state index in [0.717, 1.165) is 0 Å². The van der Waals surface area contributed by atoms with Crippen LogP contribution in [0, 0.1) is 12.3 Å². The first-order valence-corrected chi connectivity index (χ1v) is 6.75. The van der Waals surface area contributed by atoms with E-state index in [9.17, 15) is 4.79 Å². The molecule has 0 saturated heterocycles. The Hall–Kier alpha value is -0.760. The zero-order chi connectivity index (χ0) is 13.3. The van der Waals surface area contributed by atoms with Gasteiger partial charge in [0, 0.05) is 15.1 Å². The molecule has 0 spiro atoms. The maximum Gasteiger partial charge on any atom is 0.136 e. The topological polar surface area (TPSA) is 17.1 Å². The highest BCUT2D eigenvalue weighted by Gasteiger charge is 2.41. The molecule has 0 fully saturated rings. The van der Waals surface area contributed by atoms with Crippen LogP contribution < -0.4 is 0 Å². The smallest absolute Gasteiger partial charge is 0.136 e. The third-order valence-corrected chi connectivity index (χ3v) is 5.26. The van der Waals surface area contributed by atoms with E-state index in [0.29, 0.717) is 0 Å². The largest absolute Gasteiger partial charge is 0.299 e. The first-order chi connectivity index (χ1) is 7.67. The maximum absolute atomic E-state index is 11.8. The van der Waals surface area contributed by atoms with Gasteiger partial charge in [-0.2, -0.15) is 0 Å². The fourth-order valence-corrected chi connectivity index (χ4v) is 2.90. The summed E-state index contributed by atoms with van der Waals surface area (Å²) in [5, 5.41) is 0. The van der Waals surface area contributed by atoms with E-state index in [1.54, 1.807) is 18.7 Å². The number of carbonyl (C=O) groups excluding carboxylic acids is 1. The molecule has 0 radical (unpaired) electrons. The quantitative estimate of drug-likeness (QED) is 0.733. The van der Waals surface area contributed by atoms with Gasteiger partial charge in [-0.15, -0.1) is 11.8 Å². The standard InChI is InChI=1S/C15H22OS/c1-11-8-7-9-13(10-11)17-15(5,6)14(3,4)12(2)16/h7-10H,1-6H3. The molecule has 17 heavy (non-hydrogen) atoms. The Labute approximate surface area is 109 Å². The van der Waals surface area contributed by atoms with Crippen molar-refractivity contribution in [1.82, 2.24) is 0 Å². The summed E-state index contributed by atoms with van der Waals surface area (Å²) < 4.78 is -0.118. The Morgan fingerprint density at radius 2 is 1.76 bits per heavy atom. The number of hydrogen-bond donors (Lipinski definition) is 0. The molecule has 1 nitrogen and oxygen atoms in total. The minimum atomic E-state index is -0.332. The average molecular weight is 250 g/mol. The lowest BCUT2D eigenvalue weighted by Crippen LogP contribution is -2.41. The Balaban J connectivity index is 2.97. The van der Waals surface area contributed by atoms with Gasteiger partial charge in [-0.3, -0.25) is 4.79 Å². The molecule has 0 unspecified atom stereocenters. The first kappa shape index (κ1) is 14.3. The number of ketones is 1. The van der Waals surface area contributed by atoms with E-state index >= 15 is 0 Å². The van der Waals surface area contributed by atoms with Gasteiger partial charge in [-0.25, -0.2) is 0 Å². The fourth-order valence-electron chi connectivity index (χ4n) is 1.52. The third-order valence-electron chi connectivity index (χ3n) is 3.75. The van der Waals surface area contributed by atoms with Gasteiger partial charge in [0.1, 0.15) is 5.78 Å². The van der Waals surface area contributed by atoms with Crippen molar-refractivity contribution in [2.24, 2.45) is 5.41 Å². The fraction of sp³-hybridized carbons (Fsp3) is 0.533. The molecule has 0 N–H and O–H groups in total. The molecular formula is C15H22OS. The molecule has 0 aliphatic carbocycles. The lowest BCUT2D eigenvalue weighted by molar-refractivity contribution is -0.126. The van der Waals surface area contributed by atoms with E-state index in [4.69, 9.17) is 0 Å². The minimum absolute atomic E-state index is 0.118. The average Bonchev–Trinajstić information content (AvgIpc) is 2.16. The predicted octanol–water partition coefficient (Wildman–Crippen LogP) is 4.48. The highest BCUT2D eigenvalue weighted by atomic mass is 32.2. The molecule has 0 saturated carbocycles. The second-order valence-electron chi connectivity index (χ2n) is 5.61. The molecule has 0 atom stereocenters. The normalized spacial score (nSPS) is 12.6. The summed E-state index contributed by atoms with van der Waals surface area (Å²) in [5.41, 5.74) is 0.924. The van der Waals surface area contributed by atoms with Crippen molar-refractivity contribution >= 4 is 17.5 Å². The summed E-state index contributed by atoms with van der Waals surface area (Å²) in [6.45, 7) is 12.1. The minimum Gasteiger partial charge on any atom is -0.299 e. The van der Waals surface area contributed by atoms with Gasteiger partial charge < -0.3 is 0 Å². The number of Topliss-reactive ketones (excluding diaryl/α,β-unsaturated/α-hetero) is 1. The van der Waals surface area contributed by atoms with Crippen molar-refractivity contribution in [3.63, 3.8) is 0 Å². The van der Waals surface area contributed by atoms with Gasteiger partial charge in [0.25, 0.3) is 0 Å². The first-order valence-electron chi connectivity index (χ1n) is 5.93. The van der Waals surface area contributed by atoms with E-state index in [2.05, 4.69) is 45.0 Å². The molecule has 0 amide bonds. The Bertz CT molecular complexity index is 419. The highest BCUT2D eigenvalue weighted by molar-refractivity contribution is 8.00. The van der Waals surface area contributed by atoms with Crippen LogP contribution in [-0.2, 0) is 4.79 Å². The lowest BCUT2D eigenvalue weighted by Gasteiger charge is -2.39. The highest BCUT2D eigenvalue weighted by Crippen LogP contribution is 2.45. The number of rotatable bonds is 4. The Morgan fingerprint density at radius 1 is 1.18 bits per heavy atom. The van der Waals surface area contributed by atoms with Crippen LogP contribution in [-0.4, -0.2) is 10.5 Å². The maximum atomic E-state index is 11.8. The summed E-state index contributed by atoms with van der Waals surface area (Å²) in [6, 6.07) is 8.43. The summed E-state index contributed by atoms with van der Waals surface area (Å²) in [5.74, 6) is 0.239. The van der Waals surface area contributed by atoms with Gasteiger partial charge >= 0.3 is 0 Å². The SMILES string of the molecule is CC(=O)C(C)(C)C(C)(C)Sc1cccc(C)c1. The molecule has 0 aliphatic rings. The summed E-state index contributed by atoms with van der Waals surface area (Å²) in [6.07, 6.45) is 0. The van der Waals surface area contributed by atoms with E-state index < -0.39 is 0 Å². The van der Waals surface area contributed by atoms with Crippen LogP contribution in [0.1, 0.15) is 40.2 Å². The molecule has 1 aromatic carbocycles. The van der Waals surface area contributed by atoms with Crippen LogP contribution in [0.3, 0.4) is 0 Å². The van der Waals surface area contributed by atoms with Crippen molar-refractivity contribution in [3.8, 4) is 0 Å². The number of benzene rings is 1. The van der Waals surface area contributed by atoms with Crippen molar-refractivity contribution in [2.75, 3.05) is 0 Å². The van der Waals surface area contributed by atoms with Crippen LogP contribution in [0.2, 0.25) is 0 Å². The zero-order valence-corrected chi connectivity index (χ0v) is 12.4. The van der Waals surface area contributed by atoms with Gasteiger partial charge in [0.05, 0.1) is 0 Å². The zero-order valence-electron chi connectivity index (χ0n) is 11.6. The number of hydrogen-bond acceptors (Lipinski definition) is 2. The van der Waals surface area contributed by atoms with E-state index in [-0.39, 0.29) is 15.9 Å². The van der Waals surface area contributed by atoms with Crippen LogP contribution in [0.5, 0.6) is 0 Å². The van der Waals surface area contributed by atoms with E-state index in [1.165, 1.54) is 10.5 Å². The van der Waals surface area contributed by atoms with Crippen LogP contribution in [0.15, 0.2) is 29.2 Å². The molecule has 0 aliphatic heterocycles. The molecule has 2 heteroatoms. The molecule has 1 rings (SSSR count). The summed E-state index contributed by atoms with van der Waals surface area (Å²) in [7, 11) is 0. The number of aryl methyl sites for hydroxylation is 1. The molecule has 0 bridgehead atoms. The predicted molar refractivity (Wildman–Crippen MR) is 75.6 cm³/mol. The van der Waals surface area contributed by atoms with Crippen molar-refractivity contribution in [2.45, 2.75) is 51.2 Å². The van der Waals surface area contributed by atoms with E-state index in [1.807, 2.05) is 13.8 Å². The van der Waals surface area contributed by atoms with Crippen LogP contribution >= 0.6 is 11.8 Å². The van der Waals surface area contributed by atoms with Gasteiger partial charge in [0.15, 0.2) is 0 Å².